The van der Waals surface area contributed by atoms with Crippen LogP contribution in [0.3, 0.4) is 0 Å². The SMILES string of the molecule is O=C(c1ccc(Cl)cc1F)c1cc(F)ccc1C(F)(F)F. The van der Waals surface area contributed by atoms with Gasteiger partial charge in [0.2, 0.25) is 0 Å². The van der Waals surface area contributed by atoms with Gasteiger partial charge in [0.05, 0.1) is 11.1 Å². The molecule has 0 aromatic heterocycles. The number of ketones is 1. The summed E-state index contributed by atoms with van der Waals surface area (Å²) in [5.41, 5.74) is -2.90. The summed E-state index contributed by atoms with van der Waals surface area (Å²) in [5.74, 6) is -3.37. The van der Waals surface area contributed by atoms with Gasteiger partial charge in [0.1, 0.15) is 11.6 Å². The maximum absolute atomic E-state index is 13.6. The molecule has 0 heterocycles. The molecule has 0 aliphatic heterocycles. The normalized spacial score (nSPS) is 11.5. The van der Waals surface area contributed by atoms with E-state index < -0.39 is 40.3 Å². The van der Waals surface area contributed by atoms with Gasteiger partial charge in [0.15, 0.2) is 5.78 Å². The average Bonchev–Trinajstić information content (AvgIpc) is 2.36. The van der Waals surface area contributed by atoms with E-state index in [2.05, 4.69) is 0 Å². The van der Waals surface area contributed by atoms with Gasteiger partial charge in [-0.3, -0.25) is 4.79 Å². The Labute approximate surface area is 121 Å². The summed E-state index contributed by atoms with van der Waals surface area (Å²) in [5, 5.41) is -0.0145. The number of hydrogen-bond donors (Lipinski definition) is 0. The van der Waals surface area contributed by atoms with Crippen molar-refractivity contribution in [3.63, 3.8) is 0 Å². The van der Waals surface area contributed by atoms with E-state index in [-0.39, 0.29) is 5.02 Å². The predicted octanol–water partition coefficient (Wildman–Crippen LogP) is 4.87. The molecule has 21 heavy (non-hydrogen) atoms. The first-order valence-corrected chi connectivity index (χ1v) is 5.94. The van der Waals surface area contributed by atoms with E-state index in [1.54, 1.807) is 0 Å². The molecule has 0 saturated carbocycles. The first kappa shape index (κ1) is 15.4. The van der Waals surface area contributed by atoms with Gasteiger partial charge in [-0.15, -0.1) is 0 Å². The van der Waals surface area contributed by atoms with Gasteiger partial charge >= 0.3 is 6.18 Å². The Morgan fingerprint density at radius 1 is 0.952 bits per heavy atom. The molecule has 2 aromatic carbocycles. The Morgan fingerprint density at radius 3 is 2.19 bits per heavy atom. The van der Waals surface area contributed by atoms with Crippen molar-refractivity contribution in [2.45, 2.75) is 6.18 Å². The predicted molar refractivity (Wildman–Crippen MR) is 66.2 cm³/mol. The van der Waals surface area contributed by atoms with Crippen LogP contribution >= 0.6 is 11.6 Å². The zero-order valence-electron chi connectivity index (χ0n) is 10.1. The fourth-order valence-electron chi connectivity index (χ4n) is 1.77. The highest BCUT2D eigenvalue weighted by Crippen LogP contribution is 2.33. The molecule has 2 rings (SSSR count). The summed E-state index contributed by atoms with van der Waals surface area (Å²) in [4.78, 5) is 12.0. The zero-order valence-corrected chi connectivity index (χ0v) is 10.9. The largest absolute Gasteiger partial charge is 0.417 e. The molecule has 0 saturated heterocycles. The number of carbonyl (C=O) groups excluding carboxylic acids is 1. The molecule has 0 radical (unpaired) electrons. The molecule has 0 amide bonds. The van der Waals surface area contributed by atoms with Crippen LogP contribution in [0.25, 0.3) is 0 Å². The lowest BCUT2D eigenvalue weighted by molar-refractivity contribution is -0.137. The van der Waals surface area contributed by atoms with E-state index in [0.29, 0.717) is 18.2 Å². The van der Waals surface area contributed by atoms with Gasteiger partial charge in [-0.1, -0.05) is 11.6 Å². The lowest BCUT2D eigenvalue weighted by Gasteiger charge is -2.12. The van der Waals surface area contributed by atoms with E-state index in [4.69, 9.17) is 11.6 Å². The standard InChI is InChI=1S/C14H6ClF5O/c15-7-1-3-9(12(17)5-7)13(21)10-6-8(16)2-4-11(10)14(18,19)20/h1-6H. The molecule has 2 aromatic rings. The van der Waals surface area contributed by atoms with Crippen LogP contribution in [-0.4, -0.2) is 5.78 Å². The third-order valence-electron chi connectivity index (χ3n) is 2.71. The minimum absolute atomic E-state index is 0.0145. The molecule has 0 bridgehead atoms. The van der Waals surface area contributed by atoms with Crippen LogP contribution in [0.1, 0.15) is 21.5 Å². The summed E-state index contributed by atoms with van der Waals surface area (Å²) in [7, 11) is 0. The van der Waals surface area contributed by atoms with Crippen LogP contribution in [0.2, 0.25) is 5.02 Å². The van der Waals surface area contributed by atoms with Crippen molar-refractivity contribution in [2.75, 3.05) is 0 Å². The maximum Gasteiger partial charge on any atom is 0.417 e. The highest BCUT2D eigenvalue weighted by atomic mass is 35.5. The van der Waals surface area contributed by atoms with Crippen LogP contribution in [0, 0.1) is 11.6 Å². The van der Waals surface area contributed by atoms with Crippen molar-refractivity contribution in [1.82, 2.24) is 0 Å². The van der Waals surface area contributed by atoms with E-state index in [0.717, 1.165) is 18.2 Å². The molecular weight excluding hydrogens is 315 g/mol. The second-order valence-electron chi connectivity index (χ2n) is 4.14. The number of rotatable bonds is 2. The molecular formula is C14H6ClF5O. The van der Waals surface area contributed by atoms with Crippen LogP contribution in [0.15, 0.2) is 36.4 Å². The molecule has 0 aliphatic carbocycles. The Kier molecular flexibility index (Phi) is 4.00. The van der Waals surface area contributed by atoms with Crippen molar-refractivity contribution in [1.29, 1.82) is 0 Å². The van der Waals surface area contributed by atoms with Gasteiger partial charge < -0.3 is 0 Å². The number of benzene rings is 2. The third-order valence-corrected chi connectivity index (χ3v) is 2.94. The summed E-state index contributed by atoms with van der Waals surface area (Å²) in [6.45, 7) is 0. The fraction of sp³-hybridized carbons (Fsp3) is 0.0714. The smallest absolute Gasteiger partial charge is 0.288 e. The molecule has 0 unspecified atom stereocenters. The fourth-order valence-corrected chi connectivity index (χ4v) is 1.93. The van der Waals surface area contributed by atoms with Crippen LogP contribution in [-0.2, 0) is 6.18 Å². The zero-order chi connectivity index (χ0) is 15.8. The maximum atomic E-state index is 13.6. The molecule has 0 atom stereocenters. The quantitative estimate of drug-likeness (QED) is 0.570. The highest BCUT2D eigenvalue weighted by molar-refractivity contribution is 6.30. The second kappa shape index (κ2) is 5.44. The van der Waals surface area contributed by atoms with Crippen LogP contribution in [0.4, 0.5) is 22.0 Å². The van der Waals surface area contributed by atoms with Crippen molar-refractivity contribution in [3.8, 4) is 0 Å². The topological polar surface area (TPSA) is 17.1 Å². The molecule has 0 fully saturated rings. The summed E-state index contributed by atoms with van der Waals surface area (Å²) in [6, 6.07) is 4.35. The average molecular weight is 321 g/mol. The Morgan fingerprint density at radius 2 is 1.62 bits per heavy atom. The van der Waals surface area contributed by atoms with Gasteiger partial charge in [-0.2, -0.15) is 13.2 Å². The van der Waals surface area contributed by atoms with Crippen molar-refractivity contribution in [2.24, 2.45) is 0 Å². The van der Waals surface area contributed by atoms with Gasteiger partial charge in [-0.05, 0) is 36.4 Å². The highest BCUT2D eigenvalue weighted by Gasteiger charge is 2.36. The van der Waals surface area contributed by atoms with Crippen molar-refractivity contribution >= 4 is 17.4 Å². The Hall–Kier alpha value is -1.95. The van der Waals surface area contributed by atoms with E-state index in [9.17, 15) is 26.7 Å². The second-order valence-corrected chi connectivity index (χ2v) is 4.58. The summed E-state index contributed by atoms with van der Waals surface area (Å²) in [6.07, 6.45) is -4.86. The minimum atomic E-state index is -4.86. The monoisotopic (exact) mass is 320 g/mol. The summed E-state index contributed by atoms with van der Waals surface area (Å²) < 4.78 is 65.3. The van der Waals surface area contributed by atoms with Crippen molar-refractivity contribution < 1.29 is 26.7 Å². The Bertz CT molecular complexity index is 709. The molecule has 7 heteroatoms. The first-order valence-electron chi connectivity index (χ1n) is 5.56. The van der Waals surface area contributed by atoms with Gasteiger partial charge in [0, 0.05) is 10.6 Å². The van der Waals surface area contributed by atoms with Gasteiger partial charge in [0.25, 0.3) is 0 Å². The molecule has 0 spiro atoms. The number of alkyl halides is 3. The van der Waals surface area contributed by atoms with Crippen molar-refractivity contribution in [3.05, 3.63) is 69.7 Å². The lowest BCUT2D eigenvalue weighted by Crippen LogP contribution is -2.15. The molecule has 0 N–H and O–H groups in total. The molecule has 110 valence electrons. The van der Waals surface area contributed by atoms with Crippen LogP contribution < -0.4 is 0 Å². The Balaban J connectivity index is 2.60. The summed E-state index contributed by atoms with van der Waals surface area (Å²) >= 11 is 5.51. The van der Waals surface area contributed by atoms with Crippen LogP contribution in [0.5, 0.6) is 0 Å². The first-order chi connectivity index (χ1) is 9.70. The lowest BCUT2D eigenvalue weighted by atomic mass is 9.97. The minimum Gasteiger partial charge on any atom is -0.288 e. The van der Waals surface area contributed by atoms with E-state index in [1.807, 2.05) is 0 Å². The molecule has 0 aliphatic rings. The number of hydrogen-bond acceptors (Lipinski definition) is 1. The van der Waals surface area contributed by atoms with Gasteiger partial charge in [-0.25, -0.2) is 8.78 Å². The number of carbonyl (C=O) groups is 1. The van der Waals surface area contributed by atoms with E-state index in [1.165, 1.54) is 0 Å². The third kappa shape index (κ3) is 3.21. The van der Waals surface area contributed by atoms with E-state index >= 15 is 0 Å². The molecule has 1 nitrogen and oxygen atoms in total. The number of halogens is 6.